The molecular weight excluding hydrogens is 188 g/mol. The molecule has 1 heterocycles. The zero-order valence-electron chi connectivity index (χ0n) is 9.37. The van der Waals surface area contributed by atoms with Crippen LogP contribution in [-0.2, 0) is 4.79 Å². The number of carbonyl (C=O) groups excluding carboxylic acids is 1. The maximum Gasteiger partial charge on any atom is 0.224 e. The maximum atomic E-state index is 11.7. The van der Waals surface area contributed by atoms with Gasteiger partial charge in [0.05, 0.1) is 5.92 Å². The second-order valence-corrected chi connectivity index (χ2v) is 5.02. The second kappa shape index (κ2) is 4.97. The lowest BCUT2D eigenvalue weighted by molar-refractivity contribution is -0.128. The van der Waals surface area contributed by atoms with Crippen molar-refractivity contribution in [3.8, 4) is 0 Å². The molecule has 2 rings (SSSR count). The molecule has 15 heavy (non-hydrogen) atoms. The highest BCUT2D eigenvalue weighted by molar-refractivity contribution is 5.80. The fourth-order valence-electron chi connectivity index (χ4n) is 3.00. The third-order valence-electron chi connectivity index (χ3n) is 4.03. The van der Waals surface area contributed by atoms with Gasteiger partial charge in [-0.1, -0.05) is 19.3 Å². The number of amides is 1. The molecule has 3 N–H and O–H groups in total. The zero-order valence-corrected chi connectivity index (χ0v) is 9.37. The van der Waals surface area contributed by atoms with Crippen LogP contribution in [0.5, 0.6) is 0 Å². The predicted molar refractivity (Wildman–Crippen MR) is 60.3 cm³/mol. The van der Waals surface area contributed by atoms with Gasteiger partial charge in [-0.3, -0.25) is 4.79 Å². The lowest BCUT2D eigenvalue weighted by Gasteiger charge is -2.36. The van der Waals surface area contributed by atoms with Crippen molar-refractivity contribution in [1.82, 2.24) is 5.32 Å². The van der Waals surface area contributed by atoms with Crippen LogP contribution in [0.25, 0.3) is 0 Å². The van der Waals surface area contributed by atoms with E-state index in [2.05, 4.69) is 5.32 Å². The van der Waals surface area contributed by atoms with Crippen LogP contribution in [0.3, 0.4) is 0 Å². The number of nitrogens with two attached hydrogens (primary N) is 1. The summed E-state index contributed by atoms with van der Waals surface area (Å²) in [5, 5.41) is 3.17. The fourth-order valence-corrected chi connectivity index (χ4v) is 3.00. The standard InChI is InChI=1S/C12H22N2O/c13-8-10-6-7-11(14-12(10)15)9-4-2-1-3-5-9/h9-11H,1-8,13H2,(H,14,15). The Labute approximate surface area is 91.8 Å². The molecule has 2 unspecified atom stereocenters. The fraction of sp³-hybridized carbons (Fsp3) is 0.917. The lowest BCUT2D eigenvalue weighted by atomic mass is 9.79. The minimum Gasteiger partial charge on any atom is -0.353 e. The average molecular weight is 210 g/mol. The second-order valence-electron chi connectivity index (χ2n) is 5.02. The first-order valence-electron chi connectivity index (χ1n) is 6.31. The molecule has 0 radical (unpaired) electrons. The maximum absolute atomic E-state index is 11.7. The molecule has 0 bridgehead atoms. The van der Waals surface area contributed by atoms with Gasteiger partial charge in [0.25, 0.3) is 0 Å². The van der Waals surface area contributed by atoms with Gasteiger partial charge in [0.15, 0.2) is 0 Å². The highest BCUT2D eigenvalue weighted by atomic mass is 16.2. The number of nitrogens with one attached hydrogen (secondary N) is 1. The number of rotatable bonds is 2. The molecule has 3 heteroatoms. The van der Waals surface area contributed by atoms with E-state index in [-0.39, 0.29) is 11.8 Å². The highest BCUT2D eigenvalue weighted by Gasteiger charge is 2.31. The molecule has 2 atom stereocenters. The van der Waals surface area contributed by atoms with Crippen LogP contribution in [0.15, 0.2) is 0 Å². The first-order chi connectivity index (χ1) is 7.31. The van der Waals surface area contributed by atoms with E-state index >= 15 is 0 Å². The summed E-state index contributed by atoms with van der Waals surface area (Å²) < 4.78 is 0. The third-order valence-corrected chi connectivity index (χ3v) is 4.03. The summed E-state index contributed by atoms with van der Waals surface area (Å²) in [5.41, 5.74) is 5.56. The van der Waals surface area contributed by atoms with Crippen molar-refractivity contribution in [3.05, 3.63) is 0 Å². The van der Waals surface area contributed by atoms with Gasteiger partial charge in [0, 0.05) is 12.6 Å². The molecule has 1 aliphatic carbocycles. The van der Waals surface area contributed by atoms with E-state index in [4.69, 9.17) is 5.73 Å². The first-order valence-corrected chi connectivity index (χ1v) is 6.31. The summed E-state index contributed by atoms with van der Waals surface area (Å²) in [4.78, 5) is 11.7. The molecule has 2 aliphatic rings. The Morgan fingerprint density at radius 1 is 1.13 bits per heavy atom. The Balaban J connectivity index is 1.87. The summed E-state index contributed by atoms with van der Waals surface area (Å²) in [7, 11) is 0. The molecule has 0 aromatic heterocycles. The molecule has 0 spiro atoms. The summed E-state index contributed by atoms with van der Waals surface area (Å²) in [6, 6.07) is 0.445. The van der Waals surface area contributed by atoms with E-state index in [1.54, 1.807) is 0 Å². The van der Waals surface area contributed by atoms with Gasteiger partial charge in [-0.15, -0.1) is 0 Å². The Morgan fingerprint density at radius 2 is 1.87 bits per heavy atom. The summed E-state index contributed by atoms with van der Waals surface area (Å²) in [5.74, 6) is 1.01. The number of carbonyl (C=O) groups is 1. The van der Waals surface area contributed by atoms with E-state index in [0.717, 1.165) is 18.8 Å². The lowest BCUT2D eigenvalue weighted by Crippen LogP contribution is -2.49. The normalized spacial score (nSPS) is 33.8. The Kier molecular flexibility index (Phi) is 3.62. The van der Waals surface area contributed by atoms with Gasteiger partial charge in [-0.2, -0.15) is 0 Å². The highest BCUT2D eigenvalue weighted by Crippen LogP contribution is 2.30. The van der Waals surface area contributed by atoms with Gasteiger partial charge in [-0.05, 0) is 31.6 Å². The number of hydrogen-bond donors (Lipinski definition) is 2. The van der Waals surface area contributed by atoms with Crippen molar-refractivity contribution in [3.63, 3.8) is 0 Å². The van der Waals surface area contributed by atoms with Crippen LogP contribution in [0.4, 0.5) is 0 Å². The van der Waals surface area contributed by atoms with Gasteiger partial charge in [-0.25, -0.2) is 0 Å². The van der Waals surface area contributed by atoms with E-state index in [9.17, 15) is 4.79 Å². The molecular formula is C12H22N2O. The third kappa shape index (κ3) is 2.51. The zero-order chi connectivity index (χ0) is 10.7. The van der Waals surface area contributed by atoms with E-state index < -0.39 is 0 Å². The largest absolute Gasteiger partial charge is 0.353 e. The molecule has 1 aliphatic heterocycles. The van der Waals surface area contributed by atoms with Crippen LogP contribution in [0, 0.1) is 11.8 Å². The SMILES string of the molecule is NCC1CCC(C2CCCCC2)NC1=O. The molecule has 1 saturated carbocycles. The van der Waals surface area contributed by atoms with Crippen molar-refractivity contribution < 1.29 is 4.79 Å². The summed E-state index contributed by atoms with van der Waals surface area (Å²) in [6.45, 7) is 0.503. The van der Waals surface area contributed by atoms with Gasteiger partial charge in [0.2, 0.25) is 5.91 Å². The van der Waals surface area contributed by atoms with E-state index in [0.29, 0.717) is 12.6 Å². The van der Waals surface area contributed by atoms with Crippen LogP contribution in [0.2, 0.25) is 0 Å². The van der Waals surface area contributed by atoms with Crippen molar-refractivity contribution >= 4 is 5.91 Å². The van der Waals surface area contributed by atoms with Crippen molar-refractivity contribution in [2.24, 2.45) is 17.6 Å². The summed E-state index contributed by atoms with van der Waals surface area (Å²) >= 11 is 0. The number of piperidine rings is 1. The van der Waals surface area contributed by atoms with Gasteiger partial charge >= 0.3 is 0 Å². The smallest absolute Gasteiger partial charge is 0.224 e. The first kappa shape index (κ1) is 10.9. The van der Waals surface area contributed by atoms with E-state index in [1.807, 2.05) is 0 Å². The average Bonchev–Trinajstić information content (AvgIpc) is 2.30. The quantitative estimate of drug-likeness (QED) is 0.724. The van der Waals surface area contributed by atoms with Crippen molar-refractivity contribution in [2.75, 3.05) is 6.54 Å². The number of hydrogen-bond acceptors (Lipinski definition) is 2. The molecule has 1 amide bonds. The monoisotopic (exact) mass is 210 g/mol. The molecule has 3 nitrogen and oxygen atoms in total. The predicted octanol–water partition coefficient (Wildman–Crippen LogP) is 1.42. The molecule has 0 aromatic carbocycles. The Bertz CT molecular complexity index is 224. The topological polar surface area (TPSA) is 55.1 Å². The minimum atomic E-state index is 0.0739. The Hall–Kier alpha value is -0.570. The minimum absolute atomic E-state index is 0.0739. The van der Waals surface area contributed by atoms with Crippen LogP contribution >= 0.6 is 0 Å². The summed E-state index contributed by atoms with van der Waals surface area (Å²) in [6.07, 6.45) is 8.80. The van der Waals surface area contributed by atoms with Crippen molar-refractivity contribution in [2.45, 2.75) is 51.0 Å². The molecule has 86 valence electrons. The van der Waals surface area contributed by atoms with Gasteiger partial charge in [0.1, 0.15) is 0 Å². The molecule has 2 fully saturated rings. The van der Waals surface area contributed by atoms with Crippen LogP contribution in [-0.4, -0.2) is 18.5 Å². The van der Waals surface area contributed by atoms with Crippen LogP contribution in [0.1, 0.15) is 44.9 Å². The molecule has 0 aromatic rings. The molecule has 1 saturated heterocycles. The van der Waals surface area contributed by atoms with E-state index in [1.165, 1.54) is 32.1 Å². The van der Waals surface area contributed by atoms with Crippen LogP contribution < -0.4 is 11.1 Å². The van der Waals surface area contributed by atoms with Gasteiger partial charge < -0.3 is 11.1 Å². The Morgan fingerprint density at radius 3 is 2.47 bits per heavy atom. The van der Waals surface area contributed by atoms with Crippen molar-refractivity contribution in [1.29, 1.82) is 0 Å².